The average Bonchev–Trinajstić information content (AvgIpc) is 2.68. The summed E-state index contributed by atoms with van der Waals surface area (Å²) in [5.74, 6) is 1.89. The van der Waals surface area contributed by atoms with Gasteiger partial charge in [-0.3, -0.25) is 0 Å². The molecule has 0 amide bonds. The minimum absolute atomic E-state index is 0.193. The maximum atomic E-state index is 5.83. The average molecular weight is 399 g/mol. The van der Waals surface area contributed by atoms with Crippen molar-refractivity contribution >= 4 is 0 Å². The molecule has 4 nitrogen and oxygen atoms in total. The van der Waals surface area contributed by atoms with Crippen molar-refractivity contribution in [2.45, 2.75) is 70.9 Å². The molecular formula is C25H38N2O2. The van der Waals surface area contributed by atoms with Gasteiger partial charge in [-0.25, -0.2) is 0 Å². The molecular weight excluding hydrogens is 360 g/mol. The van der Waals surface area contributed by atoms with Crippen molar-refractivity contribution in [1.82, 2.24) is 0 Å². The standard InChI is InChI=1S/C25H38N2O2/c1-20(26)18-22-8-12-24(13-9-22)28-16-6-4-3-5-7-17-29-25-14-10-23(11-15-25)19-21(2)27/h8-15,20-21H,3-7,16-19,26-27H2,1-2H3/t20-,21-/m1/s1. The Morgan fingerprint density at radius 3 is 1.28 bits per heavy atom. The first kappa shape index (κ1) is 23.2. The molecule has 0 aliphatic carbocycles. The van der Waals surface area contributed by atoms with Crippen LogP contribution in [0.5, 0.6) is 11.5 Å². The van der Waals surface area contributed by atoms with Gasteiger partial charge in [-0.05, 0) is 74.9 Å². The van der Waals surface area contributed by atoms with Crippen molar-refractivity contribution in [3.05, 3.63) is 59.7 Å². The van der Waals surface area contributed by atoms with E-state index in [1.807, 2.05) is 38.1 Å². The predicted octanol–water partition coefficient (Wildman–Crippen LogP) is 4.87. The van der Waals surface area contributed by atoms with E-state index in [0.717, 1.165) is 50.4 Å². The lowest BCUT2D eigenvalue weighted by atomic mass is 10.1. The number of unbranched alkanes of at least 4 members (excludes halogenated alkanes) is 4. The van der Waals surface area contributed by atoms with Crippen LogP contribution in [0, 0.1) is 0 Å². The van der Waals surface area contributed by atoms with Crippen molar-refractivity contribution < 1.29 is 9.47 Å². The third-order valence-corrected chi connectivity index (χ3v) is 4.79. The molecule has 4 heteroatoms. The molecule has 0 aliphatic heterocycles. The summed E-state index contributed by atoms with van der Waals surface area (Å²) in [5, 5.41) is 0. The van der Waals surface area contributed by atoms with Crippen molar-refractivity contribution in [2.75, 3.05) is 13.2 Å². The Labute approximate surface area is 176 Å². The zero-order chi connectivity index (χ0) is 20.9. The normalized spacial score (nSPS) is 13.1. The van der Waals surface area contributed by atoms with E-state index in [1.165, 1.54) is 30.4 Å². The smallest absolute Gasteiger partial charge is 0.119 e. The Balaban J connectivity index is 1.47. The van der Waals surface area contributed by atoms with Crippen molar-refractivity contribution in [2.24, 2.45) is 11.5 Å². The van der Waals surface area contributed by atoms with E-state index >= 15 is 0 Å². The molecule has 160 valence electrons. The van der Waals surface area contributed by atoms with E-state index in [2.05, 4.69) is 24.3 Å². The number of hydrogen-bond acceptors (Lipinski definition) is 4. The van der Waals surface area contributed by atoms with Gasteiger partial charge in [-0.1, -0.05) is 43.5 Å². The van der Waals surface area contributed by atoms with E-state index in [1.54, 1.807) is 0 Å². The summed E-state index contributed by atoms with van der Waals surface area (Å²) in [4.78, 5) is 0. The van der Waals surface area contributed by atoms with Crippen LogP contribution in [0.1, 0.15) is 57.1 Å². The molecule has 0 aliphatic rings. The lowest BCUT2D eigenvalue weighted by molar-refractivity contribution is 0.293. The summed E-state index contributed by atoms with van der Waals surface area (Å²) in [6.07, 6.45) is 7.58. The molecule has 0 saturated heterocycles. The molecule has 0 radical (unpaired) electrons. The van der Waals surface area contributed by atoms with Crippen molar-refractivity contribution in [3.8, 4) is 11.5 Å². The summed E-state index contributed by atoms with van der Waals surface area (Å²) < 4.78 is 11.6. The number of nitrogens with two attached hydrogens (primary N) is 2. The molecule has 0 heterocycles. The second kappa shape index (κ2) is 13.2. The van der Waals surface area contributed by atoms with Crippen LogP contribution in [-0.4, -0.2) is 25.3 Å². The van der Waals surface area contributed by atoms with Crippen molar-refractivity contribution in [3.63, 3.8) is 0 Å². The Morgan fingerprint density at radius 2 is 0.931 bits per heavy atom. The van der Waals surface area contributed by atoms with Gasteiger partial charge in [0, 0.05) is 12.1 Å². The van der Waals surface area contributed by atoms with Gasteiger partial charge in [0.1, 0.15) is 11.5 Å². The summed E-state index contributed by atoms with van der Waals surface area (Å²) in [6.45, 7) is 5.60. The number of ether oxygens (including phenoxy) is 2. The van der Waals surface area contributed by atoms with E-state index < -0.39 is 0 Å². The van der Waals surface area contributed by atoms with Gasteiger partial charge in [0.15, 0.2) is 0 Å². The third kappa shape index (κ3) is 10.3. The molecule has 0 aromatic heterocycles. The van der Waals surface area contributed by atoms with Crippen LogP contribution in [0.4, 0.5) is 0 Å². The highest BCUT2D eigenvalue weighted by Crippen LogP contribution is 2.15. The molecule has 29 heavy (non-hydrogen) atoms. The van der Waals surface area contributed by atoms with Crippen LogP contribution in [-0.2, 0) is 12.8 Å². The first-order chi connectivity index (χ1) is 14.0. The van der Waals surface area contributed by atoms with E-state index in [-0.39, 0.29) is 12.1 Å². The van der Waals surface area contributed by atoms with Crippen LogP contribution in [0.2, 0.25) is 0 Å². The number of benzene rings is 2. The second-order valence-corrected chi connectivity index (χ2v) is 8.12. The molecule has 2 atom stereocenters. The first-order valence-electron chi connectivity index (χ1n) is 11.0. The minimum atomic E-state index is 0.193. The number of hydrogen-bond donors (Lipinski definition) is 2. The monoisotopic (exact) mass is 398 g/mol. The van der Waals surface area contributed by atoms with E-state index in [0.29, 0.717) is 0 Å². The van der Waals surface area contributed by atoms with Gasteiger partial charge in [0.25, 0.3) is 0 Å². The van der Waals surface area contributed by atoms with Gasteiger partial charge in [0.2, 0.25) is 0 Å². The van der Waals surface area contributed by atoms with Crippen LogP contribution < -0.4 is 20.9 Å². The molecule has 2 aromatic rings. The molecule has 4 N–H and O–H groups in total. The van der Waals surface area contributed by atoms with Crippen LogP contribution in [0.3, 0.4) is 0 Å². The second-order valence-electron chi connectivity index (χ2n) is 8.12. The zero-order valence-corrected chi connectivity index (χ0v) is 18.1. The number of rotatable bonds is 14. The van der Waals surface area contributed by atoms with Crippen LogP contribution >= 0.6 is 0 Å². The van der Waals surface area contributed by atoms with Crippen molar-refractivity contribution in [1.29, 1.82) is 0 Å². The lowest BCUT2D eigenvalue weighted by Gasteiger charge is -2.09. The maximum Gasteiger partial charge on any atom is 0.119 e. The molecule has 0 unspecified atom stereocenters. The fourth-order valence-corrected chi connectivity index (χ4v) is 3.30. The van der Waals surface area contributed by atoms with Gasteiger partial charge in [-0.15, -0.1) is 0 Å². The summed E-state index contributed by atoms with van der Waals surface area (Å²) in [5.41, 5.74) is 14.2. The van der Waals surface area contributed by atoms with Gasteiger partial charge >= 0.3 is 0 Å². The molecule has 0 spiro atoms. The highest BCUT2D eigenvalue weighted by Gasteiger charge is 2.01. The fraction of sp³-hybridized carbons (Fsp3) is 0.520. The van der Waals surface area contributed by atoms with E-state index in [9.17, 15) is 0 Å². The molecule has 2 aromatic carbocycles. The molecule has 0 saturated carbocycles. The molecule has 0 bridgehead atoms. The van der Waals surface area contributed by atoms with Crippen LogP contribution in [0.15, 0.2) is 48.5 Å². The molecule has 0 fully saturated rings. The topological polar surface area (TPSA) is 70.5 Å². The molecule has 2 rings (SSSR count). The Morgan fingerprint density at radius 1 is 0.586 bits per heavy atom. The largest absolute Gasteiger partial charge is 0.494 e. The van der Waals surface area contributed by atoms with E-state index in [4.69, 9.17) is 20.9 Å². The predicted molar refractivity (Wildman–Crippen MR) is 122 cm³/mol. The minimum Gasteiger partial charge on any atom is -0.494 e. The highest BCUT2D eigenvalue weighted by molar-refractivity contribution is 5.28. The maximum absolute atomic E-state index is 5.83. The lowest BCUT2D eigenvalue weighted by Crippen LogP contribution is -2.17. The van der Waals surface area contributed by atoms with Gasteiger partial charge < -0.3 is 20.9 Å². The first-order valence-corrected chi connectivity index (χ1v) is 11.0. The fourth-order valence-electron chi connectivity index (χ4n) is 3.30. The summed E-state index contributed by atoms with van der Waals surface area (Å²) in [7, 11) is 0. The summed E-state index contributed by atoms with van der Waals surface area (Å²) in [6, 6.07) is 17.0. The van der Waals surface area contributed by atoms with Gasteiger partial charge in [-0.2, -0.15) is 0 Å². The quantitative estimate of drug-likeness (QED) is 0.445. The third-order valence-electron chi connectivity index (χ3n) is 4.79. The Kier molecular flexibility index (Phi) is 10.6. The zero-order valence-electron chi connectivity index (χ0n) is 18.1. The van der Waals surface area contributed by atoms with Crippen LogP contribution in [0.25, 0.3) is 0 Å². The highest BCUT2D eigenvalue weighted by atomic mass is 16.5. The van der Waals surface area contributed by atoms with Gasteiger partial charge in [0.05, 0.1) is 13.2 Å². The SMILES string of the molecule is C[C@@H](N)Cc1ccc(OCCCCCCCOc2ccc(C[C@@H](C)N)cc2)cc1. The Hall–Kier alpha value is -2.04. The summed E-state index contributed by atoms with van der Waals surface area (Å²) >= 11 is 0. The Bertz CT molecular complexity index is 607.